The highest BCUT2D eigenvalue weighted by Gasteiger charge is 2.51. The second-order valence-electron chi connectivity index (χ2n) is 17.5. The van der Waals surface area contributed by atoms with Gasteiger partial charge in [-0.1, -0.05) is 233 Å². The van der Waals surface area contributed by atoms with Gasteiger partial charge in [0.25, 0.3) is 0 Å². The fourth-order valence-corrected chi connectivity index (χ4v) is 7.59. The van der Waals surface area contributed by atoms with Crippen molar-refractivity contribution in [2.24, 2.45) is 0 Å². The fourth-order valence-electron chi connectivity index (χ4n) is 7.59. The smallest absolute Gasteiger partial charge is 0.450 e. The maximum atomic E-state index is 13.5. The number of carbonyl (C=O) groups is 4. The van der Waals surface area contributed by atoms with Gasteiger partial charge >= 0.3 is 29.9 Å². The van der Waals surface area contributed by atoms with E-state index in [2.05, 4.69) is 27.7 Å². The summed E-state index contributed by atoms with van der Waals surface area (Å²) in [5, 5.41) is 0. The highest BCUT2D eigenvalue weighted by Crippen LogP contribution is 2.28. The number of unbranched alkanes of at least 4 members (excludes halogenated alkanes) is 32. The van der Waals surface area contributed by atoms with Crippen LogP contribution >= 0.6 is 0 Å². The first kappa shape index (κ1) is 56.9. The Balaban J connectivity index is 5.67. The van der Waals surface area contributed by atoms with E-state index in [-0.39, 0.29) is 25.7 Å². The Morgan fingerprint density at radius 2 is 0.492 bits per heavy atom. The molecule has 0 rings (SSSR count). The van der Waals surface area contributed by atoms with Crippen LogP contribution in [0.25, 0.3) is 0 Å². The first-order valence-corrected chi connectivity index (χ1v) is 25.6. The average molecular weight is 837 g/mol. The number of rotatable bonds is 45. The molecule has 0 heterocycles. The fraction of sp³-hybridized carbons (Fsp3) is 0.922. The number of ether oxygens (including phenoxy) is 4. The summed E-state index contributed by atoms with van der Waals surface area (Å²) in [5.41, 5.74) is 0. The van der Waals surface area contributed by atoms with E-state index < -0.39 is 36.0 Å². The predicted octanol–water partition coefficient (Wildman–Crippen LogP) is 15.9. The highest BCUT2D eigenvalue weighted by atomic mass is 16.9. The van der Waals surface area contributed by atoms with Crippen LogP contribution in [0.1, 0.15) is 291 Å². The Hall–Kier alpha value is -2.12. The average Bonchev–Trinajstić information content (AvgIpc) is 3.21. The van der Waals surface area contributed by atoms with E-state index in [9.17, 15) is 19.2 Å². The molecule has 0 N–H and O–H groups in total. The van der Waals surface area contributed by atoms with Crippen molar-refractivity contribution in [2.45, 2.75) is 304 Å². The van der Waals surface area contributed by atoms with Gasteiger partial charge in [0.2, 0.25) is 6.10 Å². The number of hydrogen-bond acceptors (Lipinski definition) is 8. The molecule has 0 fully saturated rings. The summed E-state index contributed by atoms with van der Waals surface area (Å²) >= 11 is 0. The van der Waals surface area contributed by atoms with Gasteiger partial charge < -0.3 is 18.9 Å². The summed E-state index contributed by atoms with van der Waals surface area (Å²) in [6.45, 7) is 10.4. The van der Waals surface area contributed by atoms with Crippen LogP contribution in [0.2, 0.25) is 0 Å². The molecule has 0 saturated carbocycles. The largest absolute Gasteiger partial charge is 0.462 e. The van der Waals surface area contributed by atoms with Crippen molar-refractivity contribution in [3.8, 4) is 0 Å². The molecule has 0 bridgehead atoms. The van der Waals surface area contributed by atoms with Crippen molar-refractivity contribution in [2.75, 3.05) is 0 Å². The minimum Gasteiger partial charge on any atom is -0.450 e. The summed E-state index contributed by atoms with van der Waals surface area (Å²) in [6, 6.07) is 0. The first-order chi connectivity index (χ1) is 28.7. The molecule has 59 heavy (non-hydrogen) atoms. The molecule has 1 unspecified atom stereocenters. The van der Waals surface area contributed by atoms with E-state index >= 15 is 0 Å². The van der Waals surface area contributed by atoms with E-state index in [4.69, 9.17) is 18.9 Å². The number of esters is 4. The molecule has 0 aromatic rings. The summed E-state index contributed by atoms with van der Waals surface area (Å²) < 4.78 is 23.5. The molecule has 0 aliphatic heterocycles. The molecule has 8 heteroatoms. The lowest BCUT2D eigenvalue weighted by atomic mass is 10.1. The zero-order valence-corrected chi connectivity index (χ0v) is 39.6. The van der Waals surface area contributed by atoms with Crippen LogP contribution in [0.4, 0.5) is 0 Å². The molecule has 0 aromatic heterocycles. The van der Waals surface area contributed by atoms with E-state index in [0.717, 1.165) is 77.0 Å². The minimum absolute atomic E-state index is 0.0856. The zero-order valence-electron chi connectivity index (χ0n) is 39.6. The maximum absolute atomic E-state index is 13.5. The van der Waals surface area contributed by atoms with Crippen LogP contribution in [0.3, 0.4) is 0 Å². The standard InChI is InChI=1S/C51H96O8/c1-6-10-14-18-22-26-30-34-38-42-47(52)56-46(5)51(57-48(53)43-39-35-31-27-23-19-15-11-7-2,58-49(54)44-40-36-32-28-24-20-16-12-8-3)59-50(55)45-41-37-33-29-25-21-17-13-9-4/h46H,6-45H2,1-5H3. The Bertz CT molecular complexity index is 893. The van der Waals surface area contributed by atoms with Crippen molar-refractivity contribution in [1.82, 2.24) is 0 Å². The molecule has 0 spiro atoms. The van der Waals surface area contributed by atoms with E-state index in [0.29, 0.717) is 25.7 Å². The molecule has 0 saturated heterocycles. The third-order valence-electron chi connectivity index (χ3n) is 11.5. The zero-order chi connectivity index (χ0) is 43.5. The lowest BCUT2D eigenvalue weighted by Gasteiger charge is -2.35. The Labute approximate surface area is 364 Å². The summed E-state index contributed by atoms with van der Waals surface area (Å²) in [6.07, 6.45) is 38.6. The molecular formula is C51H96O8. The van der Waals surface area contributed by atoms with Gasteiger partial charge in [-0.3, -0.25) is 19.2 Å². The quantitative estimate of drug-likeness (QED) is 0.0339. The number of hydrogen-bond donors (Lipinski definition) is 0. The summed E-state index contributed by atoms with van der Waals surface area (Å²) in [4.78, 5) is 53.6. The van der Waals surface area contributed by atoms with Gasteiger partial charge in [-0.2, -0.15) is 0 Å². The normalized spacial score (nSPS) is 12.0. The predicted molar refractivity (Wildman–Crippen MR) is 244 cm³/mol. The maximum Gasteiger partial charge on any atom is 0.462 e. The van der Waals surface area contributed by atoms with E-state index in [1.165, 1.54) is 135 Å². The molecule has 0 amide bonds. The second-order valence-corrected chi connectivity index (χ2v) is 17.5. The van der Waals surface area contributed by atoms with Gasteiger partial charge in [0.15, 0.2) is 0 Å². The topological polar surface area (TPSA) is 105 Å². The molecule has 0 aliphatic rings. The van der Waals surface area contributed by atoms with Gasteiger partial charge in [0.05, 0.1) is 0 Å². The van der Waals surface area contributed by atoms with Crippen LogP contribution < -0.4 is 0 Å². The monoisotopic (exact) mass is 837 g/mol. The highest BCUT2D eigenvalue weighted by molar-refractivity contribution is 5.74. The van der Waals surface area contributed by atoms with Gasteiger partial charge in [0.1, 0.15) is 0 Å². The third kappa shape index (κ3) is 36.3. The van der Waals surface area contributed by atoms with Crippen molar-refractivity contribution >= 4 is 23.9 Å². The van der Waals surface area contributed by atoms with Crippen LogP contribution in [-0.4, -0.2) is 36.0 Å². The van der Waals surface area contributed by atoms with Crippen molar-refractivity contribution in [1.29, 1.82) is 0 Å². The molecule has 1 atom stereocenters. The molecule has 0 aliphatic carbocycles. The molecule has 0 radical (unpaired) electrons. The molecular weight excluding hydrogens is 741 g/mol. The summed E-state index contributed by atoms with van der Waals surface area (Å²) in [5.74, 6) is -4.88. The van der Waals surface area contributed by atoms with Crippen LogP contribution in [0.5, 0.6) is 0 Å². The van der Waals surface area contributed by atoms with Crippen LogP contribution in [-0.2, 0) is 38.1 Å². The number of carbonyl (C=O) groups excluding carboxylic acids is 4. The van der Waals surface area contributed by atoms with Crippen molar-refractivity contribution in [3.63, 3.8) is 0 Å². The third-order valence-corrected chi connectivity index (χ3v) is 11.5. The van der Waals surface area contributed by atoms with Crippen LogP contribution in [0, 0.1) is 0 Å². The molecule has 8 nitrogen and oxygen atoms in total. The van der Waals surface area contributed by atoms with Gasteiger partial charge in [-0.15, -0.1) is 0 Å². The van der Waals surface area contributed by atoms with Gasteiger partial charge in [0, 0.05) is 25.7 Å². The molecule has 0 aromatic carbocycles. The Kier molecular flexibility index (Phi) is 41.0. The Morgan fingerprint density at radius 3 is 0.712 bits per heavy atom. The van der Waals surface area contributed by atoms with E-state index in [1.54, 1.807) is 0 Å². The second kappa shape index (κ2) is 42.6. The van der Waals surface area contributed by atoms with Gasteiger partial charge in [-0.05, 0) is 32.6 Å². The van der Waals surface area contributed by atoms with Crippen LogP contribution in [0.15, 0.2) is 0 Å². The SMILES string of the molecule is CCCCCCCCCCCC(=O)OC(C)C(OC(=O)CCCCCCCCCCC)(OC(=O)CCCCCCCCCCC)OC(=O)CCCCCCCCCCC. The molecule has 348 valence electrons. The lowest BCUT2D eigenvalue weighted by Crippen LogP contribution is -2.54. The first-order valence-electron chi connectivity index (χ1n) is 25.6. The van der Waals surface area contributed by atoms with E-state index in [1.807, 2.05) is 0 Å². The summed E-state index contributed by atoms with van der Waals surface area (Å²) in [7, 11) is 0. The Morgan fingerprint density at radius 1 is 0.305 bits per heavy atom. The van der Waals surface area contributed by atoms with Gasteiger partial charge in [-0.25, -0.2) is 0 Å². The minimum atomic E-state index is -2.47. The lowest BCUT2D eigenvalue weighted by molar-refractivity contribution is -0.361. The van der Waals surface area contributed by atoms with Crippen molar-refractivity contribution in [3.05, 3.63) is 0 Å². The van der Waals surface area contributed by atoms with Crippen molar-refractivity contribution < 1.29 is 38.1 Å².